The summed E-state index contributed by atoms with van der Waals surface area (Å²) in [6.45, 7) is 0. The molecule has 168 valence electrons. The molecule has 0 bridgehead atoms. The monoisotopic (exact) mass is 484 g/mol. The van der Waals surface area contributed by atoms with Crippen molar-refractivity contribution in [3.63, 3.8) is 0 Å². The molecule has 11 heteroatoms. The van der Waals surface area contributed by atoms with Crippen molar-refractivity contribution in [3.05, 3.63) is 70.7 Å². The maximum atomic E-state index is 10.8. The molecule has 5 aromatic heterocycles. The van der Waals surface area contributed by atoms with Crippen LogP contribution < -0.4 is 5.23 Å². The largest absolute Gasteiger partial charge is 0.328 e. The second-order valence-corrected chi connectivity index (χ2v) is 7.93. The van der Waals surface area contributed by atoms with Crippen LogP contribution in [0.25, 0.3) is 33.3 Å². The molecule has 2 N–H and O–H groups in total. The summed E-state index contributed by atoms with van der Waals surface area (Å²) in [5.41, 5.74) is 3.77. The summed E-state index contributed by atoms with van der Waals surface area (Å²) in [4.78, 5) is 23.2. The van der Waals surface area contributed by atoms with E-state index in [0.717, 1.165) is 34.0 Å². The Morgan fingerprint density at radius 1 is 0.879 bits per heavy atom. The molecule has 0 unspecified atom stereocenters. The third kappa shape index (κ3) is 4.53. The van der Waals surface area contributed by atoms with Crippen LogP contribution in [0.5, 0.6) is 0 Å². The van der Waals surface area contributed by atoms with Gasteiger partial charge in [-0.25, -0.2) is 9.97 Å². The number of fused-ring (bicyclic) bond motifs is 2. The van der Waals surface area contributed by atoms with Crippen LogP contribution in [0, 0.1) is 0 Å². The van der Waals surface area contributed by atoms with E-state index in [-0.39, 0.29) is 11.0 Å². The lowest BCUT2D eigenvalue weighted by atomic mass is 10.1. The quantitative estimate of drug-likeness (QED) is 0.212. The Bertz CT molecular complexity index is 1480. The predicted octanol–water partition coefficient (Wildman–Crippen LogP) is 4.91. The van der Waals surface area contributed by atoms with E-state index < -0.39 is 0 Å². The van der Waals surface area contributed by atoms with E-state index in [1.54, 1.807) is 43.6 Å². The van der Waals surface area contributed by atoms with Crippen LogP contribution in [0.4, 0.5) is 5.82 Å². The Labute approximate surface area is 198 Å². The van der Waals surface area contributed by atoms with Crippen LogP contribution in [0.15, 0.2) is 54.9 Å². The number of hydrogen-bond acceptors (Lipinski definition) is 7. The molecule has 0 spiro atoms. The maximum absolute atomic E-state index is 10.8. The predicted molar refractivity (Wildman–Crippen MR) is 126 cm³/mol. The number of halogens is 2. The van der Waals surface area contributed by atoms with Gasteiger partial charge in [-0.15, -0.1) is 5.23 Å². The molecule has 0 aliphatic heterocycles. The summed E-state index contributed by atoms with van der Waals surface area (Å²) < 4.78 is 3.47. The molecule has 0 fully saturated rings. The first-order valence-corrected chi connectivity index (χ1v) is 10.4. The van der Waals surface area contributed by atoms with E-state index in [2.05, 4.69) is 15.0 Å². The minimum absolute atomic E-state index is 0.0512. The molecule has 5 aromatic rings. The molecule has 0 aromatic carbocycles. The van der Waals surface area contributed by atoms with Gasteiger partial charge in [0.25, 0.3) is 0 Å². The van der Waals surface area contributed by atoms with Gasteiger partial charge >= 0.3 is 0 Å². The first kappa shape index (κ1) is 22.7. The molecule has 0 radical (unpaired) electrons. The normalized spacial score (nSPS) is 10.8. The van der Waals surface area contributed by atoms with Gasteiger partial charge in [-0.2, -0.15) is 0 Å². The zero-order valence-corrected chi connectivity index (χ0v) is 19.0. The van der Waals surface area contributed by atoms with Crippen molar-refractivity contribution in [2.75, 3.05) is 5.23 Å². The van der Waals surface area contributed by atoms with Crippen LogP contribution in [0.2, 0.25) is 10.3 Å². The second-order valence-electron chi connectivity index (χ2n) is 7.16. The average Bonchev–Trinajstić information content (AvgIpc) is 3.31. The van der Waals surface area contributed by atoms with Crippen LogP contribution in [0.1, 0.15) is 10.4 Å². The molecule has 33 heavy (non-hydrogen) atoms. The van der Waals surface area contributed by atoms with Crippen molar-refractivity contribution in [1.29, 1.82) is 0 Å². The Balaban J connectivity index is 0.000000165. The highest BCUT2D eigenvalue weighted by Crippen LogP contribution is 2.27. The first-order chi connectivity index (χ1) is 15.8. The number of anilines is 1. The van der Waals surface area contributed by atoms with Crippen molar-refractivity contribution >= 4 is 57.4 Å². The van der Waals surface area contributed by atoms with Crippen LogP contribution >= 0.6 is 23.2 Å². The Hall–Kier alpha value is -3.50. The zero-order valence-electron chi connectivity index (χ0n) is 17.5. The minimum Gasteiger partial charge on any atom is -0.328 e. The third-order valence-electron chi connectivity index (χ3n) is 5.06. The third-order valence-corrected chi connectivity index (χ3v) is 5.48. The van der Waals surface area contributed by atoms with Gasteiger partial charge in [0, 0.05) is 48.4 Å². The molecule has 0 saturated carbocycles. The van der Waals surface area contributed by atoms with Gasteiger partial charge in [0.1, 0.15) is 21.6 Å². The van der Waals surface area contributed by atoms with Crippen molar-refractivity contribution in [2.24, 2.45) is 14.1 Å². The van der Waals surface area contributed by atoms with Gasteiger partial charge in [0.2, 0.25) is 0 Å². The highest BCUT2D eigenvalue weighted by atomic mass is 35.5. The van der Waals surface area contributed by atoms with Gasteiger partial charge < -0.3 is 9.13 Å². The van der Waals surface area contributed by atoms with Crippen LogP contribution in [0.3, 0.4) is 0 Å². The van der Waals surface area contributed by atoms with E-state index in [4.69, 9.17) is 33.6 Å². The SMILES string of the molecule is Cn1c(-c2cncc(C=O)c2)cc2ccc(Cl)nc21.Cn1c(N(O)O)cc2ccc(Cl)nc21. The Morgan fingerprint density at radius 2 is 1.48 bits per heavy atom. The maximum Gasteiger partial charge on any atom is 0.165 e. The lowest BCUT2D eigenvalue weighted by molar-refractivity contribution is 0.0255. The van der Waals surface area contributed by atoms with Gasteiger partial charge in [-0.05, 0) is 42.5 Å². The fraction of sp³-hybridized carbons (Fsp3) is 0.0909. The van der Waals surface area contributed by atoms with Crippen molar-refractivity contribution in [3.8, 4) is 11.3 Å². The summed E-state index contributed by atoms with van der Waals surface area (Å²) in [5.74, 6) is 0.231. The van der Waals surface area contributed by atoms with E-state index in [0.29, 0.717) is 21.5 Å². The number of hydrogen-bond donors (Lipinski definition) is 2. The summed E-state index contributed by atoms with van der Waals surface area (Å²) >= 11 is 11.6. The summed E-state index contributed by atoms with van der Waals surface area (Å²) in [6.07, 6.45) is 4.05. The fourth-order valence-corrected chi connectivity index (χ4v) is 3.75. The Kier molecular flexibility index (Phi) is 6.30. The summed E-state index contributed by atoms with van der Waals surface area (Å²) in [5, 5.41) is 20.4. The lowest BCUT2D eigenvalue weighted by Gasteiger charge is -2.07. The van der Waals surface area contributed by atoms with Gasteiger partial charge in [-0.3, -0.25) is 20.2 Å². The Morgan fingerprint density at radius 3 is 2.09 bits per heavy atom. The summed E-state index contributed by atoms with van der Waals surface area (Å²) in [6, 6.07) is 12.5. The second kappa shape index (κ2) is 9.16. The minimum atomic E-state index is 0.0512. The van der Waals surface area contributed by atoms with Crippen LogP contribution in [-0.2, 0) is 14.1 Å². The number of rotatable bonds is 3. The number of aryl methyl sites for hydroxylation is 2. The average molecular weight is 485 g/mol. The molecule has 0 amide bonds. The summed E-state index contributed by atoms with van der Waals surface area (Å²) in [7, 11) is 3.58. The molecule has 9 nitrogen and oxygen atoms in total. The molecule has 0 aliphatic carbocycles. The van der Waals surface area contributed by atoms with Crippen molar-refractivity contribution in [1.82, 2.24) is 24.1 Å². The number of aldehydes is 1. The fourth-order valence-electron chi connectivity index (χ4n) is 3.47. The van der Waals surface area contributed by atoms with E-state index in [9.17, 15) is 4.79 Å². The highest BCUT2D eigenvalue weighted by molar-refractivity contribution is 6.30. The molecule has 0 atom stereocenters. The molecule has 0 aliphatic rings. The highest BCUT2D eigenvalue weighted by Gasteiger charge is 2.11. The molecule has 5 heterocycles. The van der Waals surface area contributed by atoms with E-state index >= 15 is 0 Å². The number of aromatic nitrogens is 5. The molecular weight excluding hydrogens is 467 g/mol. The van der Waals surface area contributed by atoms with Gasteiger partial charge in [0.15, 0.2) is 12.1 Å². The standard InChI is InChI=1S/C14H10ClN3O.C8H8ClN3O2/c1-18-12(11-4-9(8-19)6-16-7-11)5-10-2-3-13(15)17-14(10)18;1-11-7(12(13)14)4-5-2-3-6(9)10-8(5)11/h2-8H,1H3;2-4,13-14H,1H3. The number of pyridine rings is 3. The first-order valence-electron chi connectivity index (χ1n) is 9.61. The molecule has 5 rings (SSSR count). The molecular formula is C22H18Cl2N6O3. The topological polar surface area (TPSA) is 109 Å². The van der Waals surface area contributed by atoms with Crippen molar-refractivity contribution < 1.29 is 15.2 Å². The lowest BCUT2D eigenvalue weighted by Crippen LogP contribution is -2.14. The van der Waals surface area contributed by atoms with Crippen molar-refractivity contribution in [2.45, 2.75) is 0 Å². The smallest absolute Gasteiger partial charge is 0.165 e. The molecule has 0 saturated heterocycles. The van der Waals surface area contributed by atoms with E-state index in [1.165, 1.54) is 10.8 Å². The zero-order chi connectivity index (χ0) is 23.7. The number of nitrogens with zero attached hydrogens (tertiary/aromatic N) is 6. The number of carbonyl (C=O) groups is 1. The van der Waals surface area contributed by atoms with Crippen LogP contribution in [-0.4, -0.2) is 40.8 Å². The van der Waals surface area contributed by atoms with Gasteiger partial charge in [-0.1, -0.05) is 23.2 Å². The number of carbonyl (C=O) groups excluding carboxylic acids is 1. The van der Waals surface area contributed by atoms with E-state index in [1.807, 2.05) is 23.7 Å². The van der Waals surface area contributed by atoms with Gasteiger partial charge in [0.05, 0.1) is 5.69 Å².